The van der Waals surface area contributed by atoms with E-state index in [0.29, 0.717) is 6.04 Å². The predicted molar refractivity (Wildman–Crippen MR) is 78.6 cm³/mol. The van der Waals surface area contributed by atoms with Crippen LogP contribution in [0.15, 0.2) is 46.3 Å². The summed E-state index contributed by atoms with van der Waals surface area (Å²) in [5.41, 5.74) is 1.36. The molecule has 1 aromatic carbocycles. The number of rotatable bonds is 5. The molecular weight excluding hydrogens is 294 g/mol. The fourth-order valence-electron chi connectivity index (χ4n) is 1.90. The van der Waals surface area contributed by atoms with Crippen LogP contribution in [0.5, 0.6) is 0 Å². The second-order valence-corrected chi connectivity index (χ2v) is 5.77. The monoisotopic (exact) mass is 309 g/mol. The SMILES string of the molecule is CCNC(Cc1sccc1Br)c1ccccc1. The van der Waals surface area contributed by atoms with E-state index in [1.54, 1.807) is 0 Å². The maximum absolute atomic E-state index is 3.60. The van der Waals surface area contributed by atoms with Gasteiger partial charge >= 0.3 is 0 Å². The first-order chi connectivity index (χ1) is 8.31. The summed E-state index contributed by atoms with van der Waals surface area (Å²) in [5.74, 6) is 0. The zero-order chi connectivity index (χ0) is 12.1. The Labute approximate surface area is 115 Å². The summed E-state index contributed by atoms with van der Waals surface area (Å²) in [6.45, 7) is 3.14. The van der Waals surface area contributed by atoms with Gasteiger partial charge in [-0.1, -0.05) is 37.3 Å². The third-order valence-corrected chi connectivity index (χ3v) is 4.68. The molecule has 0 spiro atoms. The Bertz CT molecular complexity index is 452. The fourth-order valence-corrected chi connectivity index (χ4v) is 3.46. The van der Waals surface area contributed by atoms with Gasteiger partial charge in [0.05, 0.1) is 0 Å². The molecule has 0 bridgehead atoms. The van der Waals surface area contributed by atoms with E-state index in [4.69, 9.17) is 0 Å². The second-order valence-electron chi connectivity index (χ2n) is 3.92. The maximum atomic E-state index is 3.60. The lowest BCUT2D eigenvalue weighted by Gasteiger charge is -2.17. The first kappa shape index (κ1) is 12.8. The van der Waals surface area contributed by atoms with Crippen LogP contribution in [0.25, 0.3) is 0 Å². The van der Waals surface area contributed by atoms with Gasteiger partial charge in [-0.25, -0.2) is 0 Å². The van der Waals surface area contributed by atoms with Crippen LogP contribution >= 0.6 is 27.3 Å². The first-order valence-electron chi connectivity index (χ1n) is 5.81. The summed E-state index contributed by atoms with van der Waals surface area (Å²) >= 11 is 5.41. The zero-order valence-electron chi connectivity index (χ0n) is 9.82. The van der Waals surface area contributed by atoms with E-state index in [2.05, 4.69) is 69.9 Å². The van der Waals surface area contributed by atoms with Crippen LogP contribution < -0.4 is 5.32 Å². The molecule has 90 valence electrons. The quantitative estimate of drug-likeness (QED) is 0.863. The molecule has 0 aliphatic carbocycles. The maximum Gasteiger partial charge on any atom is 0.0369 e. The van der Waals surface area contributed by atoms with Crippen molar-refractivity contribution in [3.05, 3.63) is 56.7 Å². The molecule has 1 heterocycles. The van der Waals surface area contributed by atoms with E-state index in [1.165, 1.54) is 14.9 Å². The Kier molecular flexibility index (Phi) is 4.77. The van der Waals surface area contributed by atoms with Gasteiger partial charge in [-0.3, -0.25) is 0 Å². The van der Waals surface area contributed by atoms with Crippen molar-refractivity contribution in [1.29, 1.82) is 0 Å². The van der Waals surface area contributed by atoms with Crippen molar-refractivity contribution in [3.63, 3.8) is 0 Å². The zero-order valence-corrected chi connectivity index (χ0v) is 12.2. The van der Waals surface area contributed by atoms with E-state index in [0.717, 1.165) is 13.0 Å². The van der Waals surface area contributed by atoms with E-state index < -0.39 is 0 Å². The topological polar surface area (TPSA) is 12.0 Å². The van der Waals surface area contributed by atoms with Crippen molar-refractivity contribution >= 4 is 27.3 Å². The molecule has 0 fully saturated rings. The Balaban J connectivity index is 2.16. The highest BCUT2D eigenvalue weighted by molar-refractivity contribution is 9.10. The molecule has 0 saturated carbocycles. The van der Waals surface area contributed by atoms with Crippen molar-refractivity contribution in [3.8, 4) is 0 Å². The van der Waals surface area contributed by atoms with Crippen LogP contribution in [-0.2, 0) is 6.42 Å². The molecule has 1 nitrogen and oxygen atoms in total. The summed E-state index contributed by atoms with van der Waals surface area (Å²) in [4.78, 5) is 1.40. The Morgan fingerprint density at radius 1 is 1.24 bits per heavy atom. The van der Waals surface area contributed by atoms with Crippen LogP contribution in [0.2, 0.25) is 0 Å². The summed E-state index contributed by atoms with van der Waals surface area (Å²) in [6, 6.07) is 13.2. The molecule has 0 radical (unpaired) electrons. The fraction of sp³-hybridized carbons (Fsp3) is 0.286. The number of halogens is 1. The second kappa shape index (κ2) is 6.34. The normalized spacial score (nSPS) is 12.6. The number of benzene rings is 1. The third-order valence-electron chi connectivity index (χ3n) is 2.73. The minimum atomic E-state index is 0.399. The molecule has 1 N–H and O–H groups in total. The molecule has 0 amide bonds. The van der Waals surface area contributed by atoms with Crippen molar-refractivity contribution in [2.24, 2.45) is 0 Å². The van der Waals surface area contributed by atoms with Gasteiger partial charge in [0, 0.05) is 21.8 Å². The van der Waals surface area contributed by atoms with Crippen LogP contribution in [0.4, 0.5) is 0 Å². The average Bonchev–Trinajstić information content (AvgIpc) is 2.76. The highest BCUT2D eigenvalue weighted by Gasteiger charge is 2.13. The first-order valence-corrected chi connectivity index (χ1v) is 7.48. The smallest absolute Gasteiger partial charge is 0.0369 e. The van der Waals surface area contributed by atoms with Crippen LogP contribution in [-0.4, -0.2) is 6.54 Å². The number of likely N-dealkylation sites (N-methyl/N-ethyl adjacent to an activating group) is 1. The van der Waals surface area contributed by atoms with Crippen molar-refractivity contribution < 1.29 is 0 Å². The summed E-state index contributed by atoms with van der Waals surface area (Å²) < 4.78 is 1.22. The van der Waals surface area contributed by atoms with Crippen molar-refractivity contribution in [1.82, 2.24) is 5.32 Å². The lowest BCUT2D eigenvalue weighted by molar-refractivity contribution is 0.553. The molecule has 3 heteroatoms. The van der Waals surface area contributed by atoms with Gasteiger partial charge in [-0.05, 0) is 39.5 Å². The lowest BCUT2D eigenvalue weighted by atomic mass is 10.0. The molecule has 1 atom stereocenters. The van der Waals surface area contributed by atoms with Gasteiger partial charge in [0.2, 0.25) is 0 Å². The molecular formula is C14H16BrNS. The van der Waals surface area contributed by atoms with Gasteiger partial charge in [-0.15, -0.1) is 11.3 Å². The number of hydrogen-bond donors (Lipinski definition) is 1. The van der Waals surface area contributed by atoms with E-state index >= 15 is 0 Å². The Morgan fingerprint density at radius 3 is 2.59 bits per heavy atom. The third kappa shape index (κ3) is 3.41. The number of thiophene rings is 1. The molecule has 0 aliphatic rings. The van der Waals surface area contributed by atoms with Gasteiger partial charge in [-0.2, -0.15) is 0 Å². The summed E-state index contributed by atoms with van der Waals surface area (Å²) in [7, 11) is 0. The van der Waals surface area contributed by atoms with Crippen molar-refractivity contribution in [2.45, 2.75) is 19.4 Å². The molecule has 0 saturated heterocycles. The predicted octanol–water partition coefficient (Wildman–Crippen LogP) is 4.40. The van der Waals surface area contributed by atoms with Gasteiger partial charge in [0.25, 0.3) is 0 Å². The minimum Gasteiger partial charge on any atom is -0.310 e. The highest BCUT2D eigenvalue weighted by Crippen LogP contribution is 2.28. The minimum absolute atomic E-state index is 0.399. The number of nitrogens with one attached hydrogen (secondary N) is 1. The highest BCUT2D eigenvalue weighted by atomic mass is 79.9. The standard InChI is InChI=1S/C14H16BrNS/c1-2-16-13(11-6-4-3-5-7-11)10-14-12(15)8-9-17-14/h3-9,13,16H,2,10H2,1H3. The van der Waals surface area contributed by atoms with Crippen LogP contribution in [0.1, 0.15) is 23.4 Å². The molecule has 1 aromatic heterocycles. The largest absolute Gasteiger partial charge is 0.310 e. The number of hydrogen-bond acceptors (Lipinski definition) is 2. The van der Waals surface area contributed by atoms with Gasteiger partial charge < -0.3 is 5.32 Å². The summed E-state index contributed by atoms with van der Waals surface area (Å²) in [6.07, 6.45) is 1.04. The van der Waals surface area contributed by atoms with Crippen LogP contribution in [0, 0.1) is 0 Å². The Morgan fingerprint density at radius 2 is 2.00 bits per heavy atom. The van der Waals surface area contributed by atoms with Crippen LogP contribution in [0.3, 0.4) is 0 Å². The Hall–Kier alpha value is -0.640. The molecule has 1 unspecified atom stereocenters. The van der Waals surface area contributed by atoms with Gasteiger partial charge in [0.1, 0.15) is 0 Å². The molecule has 2 aromatic rings. The molecule has 17 heavy (non-hydrogen) atoms. The molecule has 2 rings (SSSR count). The summed E-state index contributed by atoms with van der Waals surface area (Å²) in [5, 5.41) is 5.68. The van der Waals surface area contributed by atoms with E-state index in [-0.39, 0.29) is 0 Å². The van der Waals surface area contributed by atoms with Crippen molar-refractivity contribution in [2.75, 3.05) is 6.54 Å². The van der Waals surface area contributed by atoms with E-state index in [1.807, 2.05) is 11.3 Å². The lowest BCUT2D eigenvalue weighted by Crippen LogP contribution is -2.22. The van der Waals surface area contributed by atoms with E-state index in [9.17, 15) is 0 Å². The average molecular weight is 310 g/mol. The molecule has 0 aliphatic heterocycles. The van der Waals surface area contributed by atoms with Gasteiger partial charge in [0.15, 0.2) is 0 Å².